The van der Waals surface area contributed by atoms with Crippen molar-refractivity contribution in [1.29, 1.82) is 0 Å². The fourth-order valence-corrected chi connectivity index (χ4v) is 4.13. The summed E-state index contributed by atoms with van der Waals surface area (Å²) < 4.78 is 27.5. The second-order valence-corrected chi connectivity index (χ2v) is 7.80. The van der Waals surface area contributed by atoms with Gasteiger partial charge in [-0.2, -0.15) is 0 Å². The molecule has 0 saturated carbocycles. The van der Waals surface area contributed by atoms with Gasteiger partial charge in [0.25, 0.3) is 10.0 Å². The number of sulfonamides is 1. The van der Waals surface area contributed by atoms with Gasteiger partial charge in [-0.05, 0) is 50.7 Å². The molecule has 0 saturated heterocycles. The van der Waals surface area contributed by atoms with Crippen molar-refractivity contribution in [3.05, 3.63) is 46.8 Å². The maximum absolute atomic E-state index is 12.2. The van der Waals surface area contributed by atoms with E-state index in [4.69, 9.17) is 0 Å². The summed E-state index contributed by atoms with van der Waals surface area (Å²) in [6.45, 7) is 3.91. The number of rotatable bonds is 5. The Morgan fingerprint density at radius 2 is 1.95 bits per heavy atom. The van der Waals surface area contributed by atoms with Crippen LogP contribution in [0.2, 0.25) is 0 Å². The van der Waals surface area contributed by atoms with Gasteiger partial charge in [0.05, 0.1) is 0 Å². The lowest BCUT2D eigenvalue weighted by atomic mass is 10.1. The van der Waals surface area contributed by atoms with Gasteiger partial charge in [0.15, 0.2) is 0 Å². The summed E-state index contributed by atoms with van der Waals surface area (Å²) in [7, 11) is -1.62. The number of hydrogen-bond acceptors (Lipinski definition) is 4. The van der Waals surface area contributed by atoms with Crippen LogP contribution in [-0.2, 0) is 10.0 Å². The number of anilines is 1. The number of thiophene rings is 1. The Labute approximate surface area is 123 Å². The Kier molecular flexibility index (Phi) is 4.47. The number of benzene rings is 1. The average molecular weight is 310 g/mol. The zero-order chi connectivity index (χ0) is 14.8. The first-order chi connectivity index (χ1) is 9.42. The minimum Gasteiger partial charge on any atom is -0.313 e. The van der Waals surface area contributed by atoms with Crippen molar-refractivity contribution in [2.75, 3.05) is 11.8 Å². The van der Waals surface area contributed by atoms with Crippen LogP contribution < -0.4 is 10.0 Å². The summed E-state index contributed by atoms with van der Waals surface area (Å²) in [4.78, 5) is 0.975. The van der Waals surface area contributed by atoms with E-state index in [1.165, 1.54) is 11.3 Å². The Morgan fingerprint density at radius 3 is 2.55 bits per heavy atom. The Balaban J connectivity index is 2.26. The standard InChI is InChI=1S/C14H18N2O2S2/c1-10-7-8-14(19-10)20(17,18)16-13-6-4-5-12(9-13)11(2)15-3/h4-9,11,15-16H,1-3H3. The largest absolute Gasteiger partial charge is 0.313 e. The molecule has 0 aliphatic rings. The normalized spacial score (nSPS) is 13.2. The van der Waals surface area contributed by atoms with Gasteiger partial charge in [-0.25, -0.2) is 8.42 Å². The van der Waals surface area contributed by atoms with Crippen molar-refractivity contribution in [2.45, 2.75) is 24.1 Å². The van der Waals surface area contributed by atoms with E-state index >= 15 is 0 Å². The monoisotopic (exact) mass is 310 g/mol. The quantitative estimate of drug-likeness (QED) is 0.892. The molecule has 0 fully saturated rings. The topological polar surface area (TPSA) is 58.2 Å². The van der Waals surface area contributed by atoms with Crippen LogP contribution in [0.5, 0.6) is 0 Å². The highest BCUT2D eigenvalue weighted by molar-refractivity contribution is 7.94. The van der Waals surface area contributed by atoms with Crippen molar-refractivity contribution < 1.29 is 8.42 Å². The zero-order valence-corrected chi connectivity index (χ0v) is 13.3. The van der Waals surface area contributed by atoms with Gasteiger partial charge in [0, 0.05) is 16.6 Å². The summed E-state index contributed by atoms with van der Waals surface area (Å²) in [6.07, 6.45) is 0. The van der Waals surface area contributed by atoms with E-state index in [-0.39, 0.29) is 6.04 Å². The van der Waals surface area contributed by atoms with E-state index in [9.17, 15) is 8.42 Å². The van der Waals surface area contributed by atoms with Crippen molar-refractivity contribution in [1.82, 2.24) is 5.32 Å². The van der Waals surface area contributed by atoms with Crippen molar-refractivity contribution in [3.63, 3.8) is 0 Å². The molecule has 1 atom stereocenters. The molecule has 2 aromatic rings. The number of aryl methyl sites for hydroxylation is 1. The third-order valence-electron chi connectivity index (χ3n) is 3.05. The summed E-state index contributed by atoms with van der Waals surface area (Å²) in [5.41, 5.74) is 1.62. The van der Waals surface area contributed by atoms with Crippen molar-refractivity contribution in [2.24, 2.45) is 0 Å². The molecule has 6 heteroatoms. The Morgan fingerprint density at radius 1 is 1.20 bits per heavy atom. The molecule has 1 aromatic heterocycles. The molecule has 0 spiro atoms. The third kappa shape index (κ3) is 3.39. The zero-order valence-electron chi connectivity index (χ0n) is 11.7. The third-order valence-corrected chi connectivity index (χ3v) is 5.93. The molecule has 0 aliphatic carbocycles. The molecule has 0 radical (unpaired) electrons. The first-order valence-corrected chi connectivity index (χ1v) is 8.59. The average Bonchev–Trinajstić information content (AvgIpc) is 2.85. The first kappa shape index (κ1) is 15.0. The predicted octanol–water partition coefficient (Wildman–Crippen LogP) is 3.14. The van der Waals surface area contributed by atoms with Gasteiger partial charge in [-0.1, -0.05) is 12.1 Å². The maximum Gasteiger partial charge on any atom is 0.271 e. The number of hydrogen-bond donors (Lipinski definition) is 2. The highest BCUT2D eigenvalue weighted by Crippen LogP contribution is 2.24. The molecule has 1 heterocycles. The van der Waals surface area contributed by atoms with E-state index < -0.39 is 10.0 Å². The second kappa shape index (κ2) is 5.95. The van der Waals surface area contributed by atoms with Gasteiger partial charge in [0.1, 0.15) is 4.21 Å². The van der Waals surface area contributed by atoms with E-state index in [1.54, 1.807) is 18.2 Å². The lowest BCUT2D eigenvalue weighted by molar-refractivity contribution is 0.603. The highest BCUT2D eigenvalue weighted by atomic mass is 32.2. The van der Waals surface area contributed by atoms with E-state index in [1.807, 2.05) is 39.1 Å². The van der Waals surface area contributed by atoms with Crippen LogP contribution in [0, 0.1) is 6.92 Å². The molecular weight excluding hydrogens is 292 g/mol. The van der Waals surface area contributed by atoms with Crippen molar-refractivity contribution >= 4 is 27.0 Å². The molecule has 0 bridgehead atoms. The van der Waals surface area contributed by atoms with Gasteiger partial charge in [-0.3, -0.25) is 4.72 Å². The van der Waals surface area contributed by atoms with Crippen LogP contribution in [0.4, 0.5) is 5.69 Å². The highest BCUT2D eigenvalue weighted by Gasteiger charge is 2.16. The lowest BCUT2D eigenvalue weighted by Crippen LogP contribution is -2.14. The maximum atomic E-state index is 12.2. The van der Waals surface area contributed by atoms with Gasteiger partial charge >= 0.3 is 0 Å². The van der Waals surface area contributed by atoms with Crippen LogP contribution >= 0.6 is 11.3 Å². The molecule has 1 unspecified atom stereocenters. The lowest BCUT2D eigenvalue weighted by Gasteiger charge is -2.13. The molecule has 0 aliphatic heterocycles. The van der Waals surface area contributed by atoms with E-state index in [0.717, 1.165) is 10.4 Å². The molecular formula is C14H18N2O2S2. The first-order valence-electron chi connectivity index (χ1n) is 6.29. The molecule has 4 nitrogen and oxygen atoms in total. The van der Waals surface area contributed by atoms with Crippen LogP contribution in [0.15, 0.2) is 40.6 Å². The van der Waals surface area contributed by atoms with E-state index in [2.05, 4.69) is 10.0 Å². The van der Waals surface area contributed by atoms with Gasteiger partial charge in [0.2, 0.25) is 0 Å². The minimum atomic E-state index is -3.49. The molecule has 108 valence electrons. The van der Waals surface area contributed by atoms with Crippen molar-refractivity contribution in [3.8, 4) is 0 Å². The van der Waals surface area contributed by atoms with Crippen LogP contribution in [0.1, 0.15) is 23.4 Å². The molecule has 2 N–H and O–H groups in total. The molecule has 0 amide bonds. The number of nitrogens with one attached hydrogen (secondary N) is 2. The van der Waals surface area contributed by atoms with Crippen LogP contribution in [0.25, 0.3) is 0 Å². The predicted molar refractivity (Wildman–Crippen MR) is 83.8 cm³/mol. The fraction of sp³-hybridized carbons (Fsp3) is 0.286. The van der Waals surface area contributed by atoms with E-state index in [0.29, 0.717) is 9.90 Å². The smallest absolute Gasteiger partial charge is 0.271 e. The van der Waals surface area contributed by atoms with Gasteiger partial charge in [-0.15, -0.1) is 11.3 Å². The molecule has 1 aromatic carbocycles. The SMILES string of the molecule is CNC(C)c1cccc(NS(=O)(=O)c2ccc(C)s2)c1. The van der Waals surface area contributed by atoms with Crippen LogP contribution in [0.3, 0.4) is 0 Å². The minimum absolute atomic E-state index is 0.170. The molecule has 20 heavy (non-hydrogen) atoms. The van der Waals surface area contributed by atoms with Gasteiger partial charge < -0.3 is 5.32 Å². The van der Waals surface area contributed by atoms with Crippen LogP contribution in [-0.4, -0.2) is 15.5 Å². The molecule has 2 rings (SSSR count). The second-order valence-electron chi connectivity index (χ2n) is 4.61. The fourth-order valence-electron chi connectivity index (χ4n) is 1.80. The summed E-state index contributed by atoms with van der Waals surface area (Å²) in [6, 6.07) is 11.0. The summed E-state index contributed by atoms with van der Waals surface area (Å²) >= 11 is 1.27. The summed E-state index contributed by atoms with van der Waals surface area (Å²) in [5, 5.41) is 3.13. The Hall–Kier alpha value is -1.37. The Bertz CT molecular complexity index is 693. The summed E-state index contributed by atoms with van der Waals surface area (Å²) in [5.74, 6) is 0.